The number of alkyl halides is 1. The maximum Gasteiger partial charge on any atom is 0.251 e. The Labute approximate surface area is 119 Å². The summed E-state index contributed by atoms with van der Waals surface area (Å²) in [4.78, 5) is 12.2. The lowest BCUT2D eigenvalue weighted by Gasteiger charge is -2.21. The molecule has 0 spiro atoms. The standard InChI is InChI=1S/C15H20ClNO2/c1-10-7-8-11(9-14(10)18)15(19)17-13-6-4-2-3-5-12(13)16/h7-9,12-13,18H,2-6H2,1H3,(H,17,19). The molecule has 1 saturated carbocycles. The van der Waals surface area contributed by atoms with Crippen molar-refractivity contribution in [1.29, 1.82) is 0 Å². The molecule has 2 N–H and O–H groups in total. The van der Waals surface area contributed by atoms with E-state index in [2.05, 4.69) is 5.32 Å². The first-order chi connectivity index (χ1) is 9.08. The predicted molar refractivity (Wildman–Crippen MR) is 76.8 cm³/mol. The van der Waals surface area contributed by atoms with Crippen LogP contribution in [0.5, 0.6) is 5.75 Å². The molecule has 2 atom stereocenters. The molecule has 1 amide bonds. The molecule has 1 aromatic carbocycles. The van der Waals surface area contributed by atoms with Gasteiger partial charge in [0.2, 0.25) is 0 Å². The average Bonchev–Trinajstić information content (AvgIpc) is 2.58. The zero-order valence-electron chi connectivity index (χ0n) is 11.2. The Morgan fingerprint density at radius 2 is 2.05 bits per heavy atom. The van der Waals surface area contributed by atoms with E-state index < -0.39 is 0 Å². The Hall–Kier alpha value is -1.22. The van der Waals surface area contributed by atoms with E-state index >= 15 is 0 Å². The highest BCUT2D eigenvalue weighted by Crippen LogP contribution is 2.23. The van der Waals surface area contributed by atoms with Gasteiger partial charge in [0.25, 0.3) is 5.91 Å². The number of aryl methyl sites for hydroxylation is 1. The van der Waals surface area contributed by atoms with Crippen LogP contribution in [0, 0.1) is 6.92 Å². The fourth-order valence-corrected chi connectivity index (χ4v) is 2.77. The molecule has 0 saturated heterocycles. The van der Waals surface area contributed by atoms with Crippen molar-refractivity contribution in [3.05, 3.63) is 29.3 Å². The van der Waals surface area contributed by atoms with Gasteiger partial charge in [-0.1, -0.05) is 25.3 Å². The van der Waals surface area contributed by atoms with Gasteiger partial charge in [-0.15, -0.1) is 11.6 Å². The normalized spacial score (nSPS) is 23.7. The summed E-state index contributed by atoms with van der Waals surface area (Å²) in [5.41, 5.74) is 1.25. The monoisotopic (exact) mass is 281 g/mol. The minimum Gasteiger partial charge on any atom is -0.508 e. The molecule has 1 aliphatic rings. The van der Waals surface area contributed by atoms with Crippen molar-refractivity contribution in [2.24, 2.45) is 0 Å². The van der Waals surface area contributed by atoms with Crippen LogP contribution in [0.15, 0.2) is 18.2 Å². The van der Waals surface area contributed by atoms with Gasteiger partial charge in [-0.25, -0.2) is 0 Å². The first-order valence-corrected chi connectivity index (χ1v) is 7.26. The molecule has 0 bridgehead atoms. The van der Waals surface area contributed by atoms with Crippen molar-refractivity contribution in [3.63, 3.8) is 0 Å². The first-order valence-electron chi connectivity index (χ1n) is 6.82. The van der Waals surface area contributed by atoms with Gasteiger partial charge in [0.05, 0.1) is 5.38 Å². The highest BCUT2D eigenvalue weighted by molar-refractivity contribution is 6.21. The van der Waals surface area contributed by atoms with Crippen LogP contribution in [0.3, 0.4) is 0 Å². The van der Waals surface area contributed by atoms with Gasteiger partial charge in [0, 0.05) is 11.6 Å². The van der Waals surface area contributed by atoms with Crippen LogP contribution >= 0.6 is 11.6 Å². The number of rotatable bonds is 2. The lowest BCUT2D eigenvalue weighted by atomic mass is 10.1. The van der Waals surface area contributed by atoms with E-state index in [9.17, 15) is 9.90 Å². The Morgan fingerprint density at radius 1 is 1.32 bits per heavy atom. The van der Waals surface area contributed by atoms with E-state index in [4.69, 9.17) is 11.6 Å². The van der Waals surface area contributed by atoms with E-state index in [1.165, 1.54) is 12.5 Å². The number of aromatic hydroxyl groups is 1. The Kier molecular flexibility index (Phi) is 4.70. The molecule has 4 heteroatoms. The Balaban J connectivity index is 2.05. The number of carbonyl (C=O) groups is 1. The summed E-state index contributed by atoms with van der Waals surface area (Å²) in [6.45, 7) is 1.80. The second-order valence-electron chi connectivity index (χ2n) is 5.24. The fraction of sp³-hybridized carbons (Fsp3) is 0.533. The van der Waals surface area contributed by atoms with E-state index in [1.807, 2.05) is 0 Å². The first kappa shape index (κ1) is 14.2. The Morgan fingerprint density at radius 3 is 2.79 bits per heavy atom. The zero-order chi connectivity index (χ0) is 13.8. The number of halogens is 1. The lowest BCUT2D eigenvalue weighted by Crippen LogP contribution is -2.40. The largest absolute Gasteiger partial charge is 0.508 e. The van der Waals surface area contributed by atoms with E-state index in [1.54, 1.807) is 19.1 Å². The van der Waals surface area contributed by atoms with Gasteiger partial charge < -0.3 is 10.4 Å². The van der Waals surface area contributed by atoms with Crippen LogP contribution in [0.25, 0.3) is 0 Å². The Bertz CT molecular complexity index is 461. The number of benzene rings is 1. The van der Waals surface area contributed by atoms with Crippen LogP contribution in [0.2, 0.25) is 0 Å². The fourth-order valence-electron chi connectivity index (χ4n) is 2.43. The molecule has 104 valence electrons. The van der Waals surface area contributed by atoms with Crippen LogP contribution in [-0.2, 0) is 0 Å². The molecule has 19 heavy (non-hydrogen) atoms. The molecule has 1 aliphatic carbocycles. The SMILES string of the molecule is Cc1ccc(C(=O)NC2CCCCCC2Cl)cc1O. The van der Waals surface area contributed by atoms with Gasteiger partial charge in [-0.3, -0.25) is 4.79 Å². The van der Waals surface area contributed by atoms with Gasteiger partial charge >= 0.3 is 0 Å². The maximum atomic E-state index is 12.2. The van der Waals surface area contributed by atoms with Crippen LogP contribution in [0.1, 0.15) is 48.0 Å². The van der Waals surface area contributed by atoms with E-state index in [0.29, 0.717) is 5.56 Å². The highest BCUT2D eigenvalue weighted by Gasteiger charge is 2.23. The molecule has 0 radical (unpaired) electrons. The number of carbonyl (C=O) groups excluding carboxylic acids is 1. The van der Waals surface area contributed by atoms with E-state index in [-0.39, 0.29) is 23.1 Å². The third-order valence-corrected chi connectivity index (χ3v) is 4.24. The van der Waals surface area contributed by atoms with Crippen LogP contribution in [0.4, 0.5) is 0 Å². The average molecular weight is 282 g/mol. The highest BCUT2D eigenvalue weighted by atomic mass is 35.5. The lowest BCUT2D eigenvalue weighted by molar-refractivity contribution is 0.0933. The minimum atomic E-state index is -0.159. The molecular formula is C15H20ClNO2. The van der Waals surface area contributed by atoms with Crippen molar-refractivity contribution < 1.29 is 9.90 Å². The van der Waals surface area contributed by atoms with E-state index in [0.717, 1.165) is 31.2 Å². The van der Waals surface area contributed by atoms with Crippen molar-refractivity contribution in [2.75, 3.05) is 0 Å². The summed E-state index contributed by atoms with van der Waals surface area (Å²) in [5, 5.41) is 12.6. The number of phenols is 1. The van der Waals surface area contributed by atoms with Crippen LogP contribution < -0.4 is 5.32 Å². The zero-order valence-corrected chi connectivity index (χ0v) is 11.9. The minimum absolute atomic E-state index is 0.00509. The third-order valence-electron chi connectivity index (χ3n) is 3.72. The molecule has 1 aromatic rings. The molecule has 0 aliphatic heterocycles. The topological polar surface area (TPSA) is 49.3 Å². The molecule has 1 fully saturated rings. The van der Waals surface area contributed by atoms with Gasteiger partial charge in [0.15, 0.2) is 0 Å². The van der Waals surface area contributed by atoms with Crippen LogP contribution in [-0.4, -0.2) is 22.4 Å². The summed E-state index contributed by atoms with van der Waals surface area (Å²) < 4.78 is 0. The molecule has 2 rings (SSSR count). The summed E-state index contributed by atoms with van der Waals surface area (Å²) >= 11 is 6.31. The molecule has 0 aromatic heterocycles. The number of phenolic OH excluding ortho intramolecular Hbond substituents is 1. The number of amides is 1. The second-order valence-corrected chi connectivity index (χ2v) is 5.80. The summed E-state index contributed by atoms with van der Waals surface area (Å²) in [5.74, 6) is -0.0104. The quantitative estimate of drug-likeness (QED) is 0.645. The third kappa shape index (κ3) is 3.63. The van der Waals surface area contributed by atoms with Gasteiger partial charge in [-0.05, 0) is 37.5 Å². The second kappa shape index (κ2) is 6.29. The number of nitrogens with one attached hydrogen (secondary N) is 1. The van der Waals surface area contributed by atoms with Crippen molar-refractivity contribution in [1.82, 2.24) is 5.32 Å². The van der Waals surface area contributed by atoms with Crippen molar-refractivity contribution in [2.45, 2.75) is 50.4 Å². The summed E-state index contributed by atoms with van der Waals surface area (Å²) in [7, 11) is 0. The maximum absolute atomic E-state index is 12.2. The number of hydrogen-bond donors (Lipinski definition) is 2. The molecule has 3 nitrogen and oxygen atoms in total. The van der Waals surface area contributed by atoms with Crippen molar-refractivity contribution >= 4 is 17.5 Å². The summed E-state index contributed by atoms with van der Waals surface area (Å²) in [6.07, 6.45) is 5.30. The molecule has 0 heterocycles. The predicted octanol–water partition coefficient (Wildman–Crippen LogP) is 3.37. The molecular weight excluding hydrogens is 262 g/mol. The van der Waals surface area contributed by atoms with Gasteiger partial charge in [0.1, 0.15) is 5.75 Å². The molecule has 2 unspecified atom stereocenters. The number of hydrogen-bond acceptors (Lipinski definition) is 2. The smallest absolute Gasteiger partial charge is 0.251 e. The van der Waals surface area contributed by atoms with Gasteiger partial charge in [-0.2, -0.15) is 0 Å². The summed E-state index contributed by atoms with van der Waals surface area (Å²) in [6, 6.07) is 5.00. The van der Waals surface area contributed by atoms with Crippen molar-refractivity contribution in [3.8, 4) is 5.75 Å².